The van der Waals surface area contributed by atoms with Crippen LogP contribution in [0.5, 0.6) is 5.75 Å². The molecule has 1 amide bonds. The van der Waals surface area contributed by atoms with Crippen molar-refractivity contribution >= 4 is 5.91 Å². The Morgan fingerprint density at radius 3 is 2.73 bits per heavy atom. The van der Waals surface area contributed by atoms with Gasteiger partial charge in [0.05, 0.1) is 12.7 Å². The zero-order valence-electron chi connectivity index (χ0n) is 13.5. The number of carbonyl (C=O) groups is 1. The average Bonchev–Trinajstić information content (AvgIpc) is 3.03. The van der Waals surface area contributed by atoms with Gasteiger partial charge in [0, 0.05) is 19.6 Å². The predicted molar refractivity (Wildman–Crippen MR) is 87.3 cm³/mol. The summed E-state index contributed by atoms with van der Waals surface area (Å²) in [6.07, 6.45) is 5.16. The van der Waals surface area contributed by atoms with Gasteiger partial charge in [-0.15, -0.1) is 0 Å². The molecular formula is C18H26N2O2. The lowest BCUT2D eigenvalue weighted by molar-refractivity contribution is 0.0779. The van der Waals surface area contributed by atoms with Crippen LogP contribution < -0.4 is 4.74 Å². The van der Waals surface area contributed by atoms with Crippen LogP contribution in [0.1, 0.15) is 36.0 Å². The molecule has 0 bridgehead atoms. The van der Waals surface area contributed by atoms with Gasteiger partial charge in [0.25, 0.3) is 5.91 Å². The molecule has 0 aliphatic carbocycles. The SMILES string of the molecule is COc1ccccc1C(=O)N1CCC(CN2CCCCC2)C1. The van der Waals surface area contributed by atoms with Gasteiger partial charge in [0.2, 0.25) is 0 Å². The smallest absolute Gasteiger partial charge is 0.257 e. The topological polar surface area (TPSA) is 32.8 Å². The van der Waals surface area contributed by atoms with Gasteiger partial charge in [-0.3, -0.25) is 4.79 Å². The summed E-state index contributed by atoms with van der Waals surface area (Å²) in [4.78, 5) is 17.3. The average molecular weight is 302 g/mol. The quantitative estimate of drug-likeness (QED) is 0.857. The highest BCUT2D eigenvalue weighted by molar-refractivity contribution is 5.97. The number of hydrogen-bond acceptors (Lipinski definition) is 3. The predicted octanol–water partition coefficient (Wildman–Crippen LogP) is 2.64. The van der Waals surface area contributed by atoms with E-state index >= 15 is 0 Å². The van der Waals surface area contributed by atoms with E-state index < -0.39 is 0 Å². The molecule has 4 nitrogen and oxygen atoms in total. The summed E-state index contributed by atoms with van der Waals surface area (Å²) in [6, 6.07) is 7.52. The molecular weight excluding hydrogens is 276 g/mol. The number of rotatable bonds is 4. The first-order valence-electron chi connectivity index (χ1n) is 8.42. The van der Waals surface area contributed by atoms with Crippen LogP contribution in [0.2, 0.25) is 0 Å². The summed E-state index contributed by atoms with van der Waals surface area (Å²) in [5.41, 5.74) is 0.684. The van der Waals surface area contributed by atoms with Crippen LogP contribution in [0.15, 0.2) is 24.3 Å². The highest BCUT2D eigenvalue weighted by atomic mass is 16.5. The number of methoxy groups -OCH3 is 1. The van der Waals surface area contributed by atoms with Gasteiger partial charge < -0.3 is 14.5 Å². The van der Waals surface area contributed by atoms with Gasteiger partial charge in [0.1, 0.15) is 5.75 Å². The van der Waals surface area contributed by atoms with Crippen LogP contribution in [0.25, 0.3) is 0 Å². The summed E-state index contributed by atoms with van der Waals surface area (Å²) in [5.74, 6) is 1.40. The molecule has 0 spiro atoms. The molecule has 4 heteroatoms. The Morgan fingerprint density at radius 1 is 1.18 bits per heavy atom. The van der Waals surface area contributed by atoms with Gasteiger partial charge in [-0.1, -0.05) is 18.6 Å². The maximum absolute atomic E-state index is 12.7. The lowest BCUT2D eigenvalue weighted by atomic mass is 10.1. The van der Waals surface area contributed by atoms with Crippen LogP contribution in [0.3, 0.4) is 0 Å². The minimum Gasteiger partial charge on any atom is -0.496 e. The Hall–Kier alpha value is -1.55. The molecule has 3 rings (SSSR count). The lowest BCUT2D eigenvalue weighted by Crippen LogP contribution is -2.36. The van der Waals surface area contributed by atoms with Gasteiger partial charge in [-0.05, 0) is 50.4 Å². The number of para-hydroxylation sites is 1. The van der Waals surface area contributed by atoms with Gasteiger partial charge in [-0.2, -0.15) is 0 Å². The number of carbonyl (C=O) groups excluding carboxylic acids is 1. The maximum atomic E-state index is 12.7. The fourth-order valence-corrected chi connectivity index (χ4v) is 3.66. The molecule has 1 aromatic rings. The summed E-state index contributed by atoms with van der Waals surface area (Å²) < 4.78 is 5.32. The molecule has 2 saturated heterocycles. The molecule has 0 N–H and O–H groups in total. The Morgan fingerprint density at radius 2 is 1.95 bits per heavy atom. The van der Waals surface area contributed by atoms with Crippen molar-refractivity contribution in [1.29, 1.82) is 0 Å². The highest BCUT2D eigenvalue weighted by Crippen LogP contribution is 2.25. The molecule has 22 heavy (non-hydrogen) atoms. The number of hydrogen-bond donors (Lipinski definition) is 0. The van der Waals surface area contributed by atoms with E-state index in [4.69, 9.17) is 4.74 Å². The molecule has 2 fully saturated rings. The largest absolute Gasteiger partial charge is 0.496 e. The minimum absolute atomic E-state index is 0.110. The zero-order valence-corrected chi connectivity index (χ0v) is 13.5. The number of amides is 1. The van der Waals surface area contributed by atoms with Crippen molar-refractivity contribution in [2.24, 2.45) is 5.92 Å². The van der Waals surface area contributed by atoms with Crippen molar-refractivity contribution in [3.8, 4) is 5.75 Å². The van der Waals surface area contributed by atoms with Crippen molar-refractivity contribution in [2.75, 3.05) is 39.8 Å². The van der Waals surface area contributed by atoms with E-state index in [1.807, 2.05) is 29.2 Å². The standard InChI is InChI=1S/C18H26N2O2/c1-22-17-8-4-3-7-16(17)18(21)20-12-9-15(14-20)13-19-10-5-2-6-11-19/h3-4,7-8,15H,2,5-6,9-14H2,1H3. The third-order valence-corrected chi connectivity index (χ3v) is 4.88. The summed E-state index contributed by atoms with van der Waals surface area (Å²) >= 11 is 0. The van der Waals surface area contributed by atoms with Crippen molar-refractivity contribution < 1.29 is 9.53 Å². The molecule has 2 aliphatic rings. The Labute approximate surface area is 133 Å². The van der Waals surface area contributed by atoms with Crippen LogP contribution in [0.4, 0.5) is 0 Å². The molecule has 1 unspecified atom stereocenters. The van der Waals surface area contributed by atoms with Crippen LogP contribution in [0, 0.1) is 5.92 Å². The highest BCUT2D eigenvalue weighted by Gasteiger charge is 2.29. The molecule has 2 aliphatic heterocycles. The fraction of sp³-hybridized carbons (Fsp3) is 0.611. The zero-order chi connectivity index (χ0) is 15.4. The number of benzene rings is 1. The van der Waals surface area contributed by atoms with E-state index in [1.165, 1.54) is 32.4 Å². The molecule has 0 saturated carbocycles. The number of likely N-dealkylation sites (tertiary alicyclic amines) is 2. The van der Waals surface area contributed by atoms with E-state index in [9.17, 15) is 4.79 Å². The second kappa shape index (κ2) is 7.14. The van der Waals surface area contributed by atoms with Crippen molar-refractivity contribution in [1.82, 2.24) is 9.80 Å². The first-order chi connectivity index (χ1) is 10.8. The first kappa shape index (κ1) is 15.3. The van der Waals surface area contributed by atoms with Crippen molar-refractivity contribution in [3.63, 3.8) is 0 Å². The first-order valence-corrected chi connectivity index (χ1v) is 8.42. The monoisotopic (exact) mass is 302 g/mol. The summed E-state index contributed by atoms with van der Waals surface area (Å²) in [7, 11) is 1.62. The van der Waals surface area contributed by atoms with E-state index in [0.29, 0.717) is 17.2 Å². The number of ether oxygens (including phenoxy) is 1. The molecule has 0 aromatic heterocycles. The van der Waals surface area contributed by atoms with E-state index in [1.54, 1.807) is 7.11 Å². The van der Waals surface area contributed by atoms with Crippen LogP contribution in [-0.4, -0.2) is 55.5 Å². The van der Waals surface area contributed by atoms with Crippen LogP contribution in [-0.2, 0) is 0 Å². The molecule has 120 valence electrons. The van der Waals surface area contributed by atoms with Crippen molar-refractivity contribution in [3.05, 3.63) is 29.8 Å². The van der Waals surface area contributed by atoms with Crippen LogP contribution >= 0.6 is 0 Å². The molecule has 1 atom stereocenters. The maximum Gasteiger partial charge on any atom is 0.257 e. The Kier molecular flexibility index (Phi) is 4.98. The molecule has 2 heterocycles. The third-order valence-electron chi connectivity index (χ3n) is 4.88. The molecule has 1 aromatic carbocycles. The minimum atomic E-state index is 0.110. The normalized spacial score (nSPS) is 22.8. The van der Waals surface area contributed by atoms with Gasteiger partial charge >= 0.3 is 0 Å². The van der Waals surface area contributed by atoms with Gasteiger partial charge in [0.15, 0.2) is 0 Å². The third kappa shape index (κ3) is 3.43. The van der Waals surface area contributed by atoms with Gasteiger partial charge in [-0.25, -0.2) is 0 Å². The Bertz CT molecular complexity index is 512. The van der Waals surface area contributed by atoms with E-state index in [-0.39, 0.29) is 5.91 Å². The summed E-state index contributed by atoms with van der Waals surface area (Å²) in [5, 5.41) is 0. The second-order valence-electron chi connectivity index (χ2n) is 6.47. The van der Waals surface area contributed by atoms with E-state index in [2.05, 4.69) is 4.90 Å². The van der Waals surface area contributed by atoms with E-state index in [0.717, 1.165) is 26.1 Å². The fourth-order valence-electron chi connectivity index (χ4n) is 3.66. The van der Waals surface area contributed by atoms with Crippen molar-refractivity contribution in [2.45, 2.75) is 25.7 Å². The number of nitrogens with zero attached hydrogens (tertiary/aromatic N) is 2. The summed E-state index contributed by atoms with van der Waals surface area (Å²) in [6.45, 7) is 5.37. The lowest BCUT2D eigenvalue weighted by Gasteiger charge is -2.29. The number of piperidine rings is 1. The second-order valence-corrected chi connectivity index (χ2v) is 6.47. The Balaban J connectivity index is 1.58. The molecule has 0 radical (unpaired) electrons.